The molecule has 8 heteroatoms. The Hall–Kier alpha value is -3.68. The summed E-state index contributed by atoms with van der Waals surface area (Å²) in [6.45, 7) is -0.406. The smallest absolute Gasteiger partial charge is 0.325 e. The maximum atomic E-state index is 11.9. The van der Waals surface area contributed by atoms with Crippen LogP contribution in [0, 0.1) is 0 Å². The predicted molar refractivity (Wildman–Crippen MR) is 94.9 cm³/mol. The molecule has 1 heterocycles. The third kappa shape index (κ3) is 4.91. The van der Waals surface area contributed by atoms with E-state index >= 15 is 0 Å². The zero-order valence-electron chi connectivity index (χ0n) is 14.5. The Kier molecular flexibility index (Phi) is 5.78. The van der Waals surface area contributed by atoms with Gasteiger partial charge >= 0.3 is 5.97 Å². The molecule has 0 bridgehead atoms. The minimum atomic E-state index is -0.602. The van der Waals surface area contributed by atoms with Gasteiger partial charge in [-0.3, -0.25) is 9.59 Å². The van der Waals surface area contributed by atoms with Gasteiger partial charge in [0, 0.05) is 11.1 Å². The number of carbonyl (C=O) groups is 2. The van der Waals surface area contributed by atoms with Gasteiger partial charge in [0.2, 0.25) is 5.82 Å². The van der Waals surface area contributed by atoms with E-state index in [2.05, 4.69) is 15.5 Å². The summed E-state index contributed by atoms with van der Waals surface area (Å²) >= 11 is 0. The summed E-state index contributed by atoms with van der Waals surface area (Å²) in [7, 11) is 1.58. The molecule has 0 aliphatic rings. The van der Waals surface area contributed by atoms with Crippen molar-refractivity contribution in [3.63, 3.8) is 0 Å². The van der Waals surface area contributed by atoms with Gasteiger partial charge in [0.15, 0.2) is 6.61 Å². The highest BCUT2D eigenvalue weighted by Gasteiger charge is 2.12. The fraction of sp³-hybridized carbons (Fsp3) is 0.158. The van der Waals surface area contributed by atoms with Crippen LogP contribution in [0.3, 0.4) is 0 Å². The minimum absolute atomic E-state index is 0.153. The van der Waals surface area contributed by atoms with Crippen LogP contribution in [0.4, 0.5) is 0 Å². The first-order chi connectivity index (χ1) is 13.2. The van der Waals surface area contributed by atoms with Gasteiger partial charge in [0.1, 0.15) is 12.3 Å². The number of nitrogens with zero attached hydrogens (tertiary/aromatic N) is 2. The molecule has 0 aliphatic carbocycles. The number of hydrogen-bond donors (Lipinski definition) is 1. The number of methoxy groups -OCH3 is 1. The van der Waals surface area contributed by atoms with E-state index in [4.69, 9.17) is 14.0 Å². The van der Waals surface area contributed by atoms with E-state index in [1.54, 1.807) is 61.7 Å². The average molecular weight is 367 g/mol. The highest BCUT2D eigenvalue weighted by molar-refractivity contribution is 5.95. The van der Waals surface area contributed by atoms with Crippen LogP contribution in [-0.4, -0.2) is 35.7 Å². The molecule has 3 rings (SSSR count). The number of nitrogens with one attached hydrogen (secondary N) is 1. The van der Waals surface area contributed by atoms with Crippen LogP contribution in [0.15, 0.2) is 59.1 Å². The molecular weight excluding hydrogens is 350 g/mol. The van der Waals surface area contributed by atoms with Crippen LogP contribution >= 0.6 is 0 Å². The molecule has 0 unspecified atom stereocenters. The summed E-state index contributed by atoms with van der Waals surface area (Å²) in [5.41, 5.74) is 1.18. The van der Waals surface area contributed by atoms with Gasteiger partial charge in [-0.1, -0.05) is 23.4 Å². The van der Waals surface area contributed by atoms with Crippen molar-refractivity contribution in [2.75, 3.05) is 13.7 Å². The lowest BCUT2D eigenvalue weighted by atomic mass is 10.2. The van der Waals surface area contributed by atoms with Crippen molar-refractivity contribution in [3.05, 3.63) is 66.0 Å². The number of aromatic nitrogens is 2. The Morgan fingerprint density at radius 2 is 1.81 bits per heavy atom. The van der Waals surface area contributed by atoms with Crippen molar-refractivity contribution in [1.29, 1.82) is 0 Å². The number of amides is 1. The van der Waals surface area contributed by atoms with Gasteiger partial charge in [0.05, 0.1) is 7.11 Å². The molecule has 138 valence electrons. The average Bonchev–Trinajstić information content (AvgIpc) is 3.20. The van der Waals surface area contributed by atoms with Gasteiger partial charge in [-0.15, -0.1) is 0 Å². The third-order valence-electron chi connectivity index (χ3n) is 3.60. The summed E-state index contributed by atoms with van der Waals surface area (Å²) in [6, 6.07) is 15.7. The van der Waals surface area contributed by atoms with Crippen molar-refractivity contribution in [3.8, 4) is 17.2 Å². The number of ether oxygens (including phenoxy) is 2. The summed E-state index contributed by atoms with van der Waals surface area (Å²) in [5, 5.41) is 6.26. The van der Waals surface area contributed by atoms with Crippen LogP contribution in [0.2, 0.25) is 0 Å². The van der Waals surface area contributed by atoms with E-state index in [0.29, 0.717) is 17.2 Å². The molecule has 0 atom stereocenters. The lowest BCUT2D eigenvalue weighted by Crippen LogP contribution is -2.30. The number of benzene rings is 2. The van der Waals surface area contributed by atoms with Gasteiger partial charge in [0.25, 0.3) is 11.8 Å². The van der Waals surface area contributed by atoms with Crippen molar-refractivity contribution < 1.29 is 23.6 Å². The molecule has 1 amide bonds. The second kappa shape index (κ2) is 8.61. The second-order valence-corrected chi connectivity index (χ2v) is 5.45. The highest BCUT2D eigenvalue weighted by atomic mass is 16.5. The Morgan fingerprint density at radius 3 is 2.52 bits per heavy atom. The van der Waals surface area contributed by atoms with Gasteiger partial charge in [-0.25, -0.2) is 0 Å². The van der Waals surface area contributed by atoms with Gasteiger partial charge in [-0.2, -0.15) is 4.98 Å². The molecule has 0 spiro atoms. The summed E-state index contributed by atoms with van der Waals surface area (Å²) in [4.78, 5) is 27.8. The Morgan fingerprint density at radius 1 is 1.07 bits per heavy atom. The summed E-state index contributed by atoms with van der Waals surface area (Å²) < 4.78 is 15.3. The van der Waals surface area contributed by atoms with E-state index in [1.165, 1.54) is 0 Å². The SMILES string of the molecule is COc1ccc(-c2nc(COC(=O)CNC(=O)c3ccccc3)no2)cc1. The molecule has 8 nitrogen and oxygen atoms in total. The molecule has 3 aromatic rings. The first-order valence-electron chi connectivity index (χ1n) is 8.11. The number of rotatable bonds is 7. The molecule has 1 aromatic heterocycles. The molecule has 0 aliphatic heterocycles. The first kappa shape index (κ1) is 18.1. The Bertz CT molecular complexity index is 907. The molecule has 0 radical (unpaired) electrons. The molecule has 1 N–H and O–H groups in total. The van der Waals surface area contributed by atoms with E-state index in [0.717, 1.165) is 5.56 Å². The number of esters is 1. The van der Waals surface area contributed by atoms with E-state index in [-0.39, 0.29) is 24.9 Å². The van der Waals surface area contributed by atoms with Crippen LogP contribution in [0.1, 0.15) is 16.2 Å². The normalized spacial score (nSPS) is 10.3. The maximum Gasteiger partial charge on any atom is 0.325 e. The van der Waals surface area contributed by atoms with E-state index < -0.39 is 5.97 Å². The van der Waals surface area contributed by atoms with Crippen LogP contribution in [-0.2, 0) is 16.1 Å². The monoisotopic (exact) mass is 367 g/mol. The quantitative estimate of drug-likeness (QED) is 0.639. The van der Waals surface area contributed by atoms with Gasteiger partial charge < -0.3 is 19.3 Å². The lowest BCUT2D eigenvalue weighted by Gasteiger charge is -2.04. The topological polar surface area (TPSA) is 104 Å². The predicted octanol–water partition coefficient (Wildman–Crippen LogP) is 2.22. The van der Waals surface area contributed by atoms with Gasteiger partial charge in [-0.05, 0) is 36.4 Å². The number of carbonyl (C=O) groups excluding carboxylic acids is 2. The molecular formula is C19H17N3O5. The summed E-state index contributed by atoms with van der Waals surface area (Å²) in [5.74, 6) is 0.290. The van der Waals surface area contributed by atoms with Crippen LogP contribution in [0.25, 0.3) is 11.5 Å². The van der Waals surface area contributed by atoms with Crippen molar-refractivity contribution in [2.45, 2.75) is 6.61 Å². The zero-order valence-corrected chi connectivity index (χ0v) is 14.5. The summed E-state index contributed by atoms with van der Waals surface area (Å²) in [6.07, 6.45) is 0. The first-order valence-corrected chi connectivity index (χ1v) is 8.11. The maximum absolute atomic E-state index is 11.9. The zero-order chi connectivity index (χ0) is 19.1. The molecule has 0 saturated carbocycles. The Balaban J connectivity index is 1.48. The van der Waals surface area contributed by atoms with Crippen molar-refractivity contribution in [1.82, 2.24) is 15.5 Å². The molecule has 0 fully saturated rings. The fourth-order valence-corrected chi connectivity index (χ4v) is 2.20. The van der Waals surface area contributed by atoms with Crippen LogP contribution in [0.5, 0.6) is 5.75 Å². The minimum Gasteiger partial charge on any atom is -0.497 e. The standard InChI is InChI=1S/C19H17N3O5/c1-25-15-9-7-14(8-10-15)19-21-16(22-27-19)12-26-17(23)11-20-18(24)13-5-3-2-4-6-13/h2-10H,11-12H2,1H3,(H,20,24). The molecule has 27 heavy (non-hydrogen) atoms. The molecule has 2 aromatic carbocycles. The van der Waals surface area contributed by atoms with Crippen molar-refractivity contribution in [2.24, 2.45) is 0 Å². The largest absolute Gasteiger partial charge is 0.497 e. The lowest BCUT2D eigenvalue weighted by molar-refractivity contribution is -0.143. The Labute approximate surface area is 155 Å². The van der Waals surface area contributed by atoms with Crippen molar-refractivity contribution >= 4 is 11.9 Å². The molecule has 0 saturated heterocycles. The van der Waals surface area contributed by atoms with Crippen LogP contribution < -0.4 is 10.1 Å². The second-order valence-electron chi connectivity index (χ2n) is 5.45. The van der Waals surface area contributed by atoms with E-state index in [1.807, 2.05) is 0 Å². The van der Waals surface area contributed by atoms with E-state index in [9.17, 15) is 9.59 Å². The number of hydrogen-bond acceptors (Lipinski definition) is 7. The highest BCUT2D eigenvalue weighted by Crippen LogP contribution is 2.20. The fourth-order valence-electron chi connectivity index (χ4n) is 2.20. The third-order valence-corrected chi connectivity index (χ3v) is 3.60.